The van der Waals surface area contributed by atoms with E-state index in [1.165, 1.54) is 24.4 Å². The van der Waals surface area contributed by atoms with Gasteiger partial charge in [0.1, 0.15) is 29.5 Å². The maximum absolute atomic E-state index is 14.0. The number of nitrogens with two attached hydrogens (primary N) is 2. The van der Waals surface area contributed by atoms with E-state index in [2.05, 4.69) is 26.4 Å². The average Bonchev–Trinajstić information content (AvgIpc) is 2.73. The van der Waals surface area contributed by atoms with Crippen LogP contribution in [-0.4, -0.2) is 42.8 Å². The number of allylic oxidation sites excluding steroid dienone is 1. The van der Waals surface area contributed by atoms with Crippen molar-refractivity contribution in [2.75, 3.05) is 26.9 Å². The number of benzene rings is 1. The lowest BCUT2D eigenvalue weighted by atomic mass is 10.0. The molecule has 2 bridgehead atoms. The average molecular weight is 422 g/mol. The van der Waals surface area contributed by atoms with Crippen molar-refractivity contribution in [3.8, 4) is 11.8 Å². The molecule has 0 amide bonds. The molecular weight excluding hydrogens is 399 g/mol. The van der Waals surface area contributed by atoms with E-state index in [1.54, 1.807) is 39.0 Å². The van der Waals surface area contributed by atoms with E-state index in [0.717, 1.165) is 0 Å². The summed E-state index contributed by atoms with van der Waals surface area (Å²) in [4.78, 5) is 14.9. The van der Waals surface area contributed by atoms with Gasteiger partial charge in [-0.05, 0) is 31.2 Å². The van der Waals surface area contributed by atoms with Crippen LogP contribution in [-0.2, 0) is 0 Å². The van der Waals surface area contributed by atoms with E-state index in [1.807, 2.05) is 0 Å². The molecule has 10 heteroatoms. The zero-order valence-corrected chi connectivity index (χ0v) is 17.6. The molecule has 0 saturated carbocycles. The molecule has 1 aliphatic rings. The molecule has 5 N–H and O–H groups in total. The van der Waals surface area contributed by atoms with Crippen molar-refractivity contribution in [3.05, 3.63) is 53.1 Å². The standard InChI is InChI=1S/C21H23FN8O/c1-11-14-8-13(22)5-6-15(14)28-21(30(3)4)29-20(25)18(16(9-23)26-2)12-7-17(31-11)19(24)27-10-12/h5-8,10-11,26H,1-4H3,(H2,24,27)(H2,25,28,29)/b18-16-. The van der Waals surface area contributed by atoms with E-state index in [-0.39, 0.29) is 29.1 Å². The van der Waals surface area contributed by atoms with Gasteiger partial charge in [0.25, 0.3) is 0 Å². The van der Waals surface area contributed by atoms with Gasteiger partial charge in [0.05, 0.1) is 11.3 Å². The van der Waals surface area contributed by atoms with Crippen LogP contribution < -0.4 is 21.5 Å². The van der Waals surface area contributed by atoms with Crippen molar-refractivity contribution >= 4 is 28.9 Å². The normalized spacial score (nSPS) is 19.2. The minimum atomic E-state index is -0.606. The number of aliphatic imine (C=N–C) groups is 2. The van der Waals surface area contributed by atoms with Crippen molar-refractivity contribution in [2.24, 2.45) is 15.7 Å². The number of pyridine rings is 1. The monoisotopic (exact) mass is 422 g/mol. The third kappa shape index (κ3) is 4.40. The molecule has 1 aliphatic heterocycles. The molecule has 0 saturated heterocycles. The minimum absolute atomic E-state index is 0.0353. The molecule has 0 aliphatic carbocycles. The van der Waals surface area contributed by atoms with Gasteiger partial charge in [-0.25, -0.2) is 14.4 Å². The predicted octanol–water partition coefficient (Wildman–Crippen LogP) is 2.32. The first-order valence-corrected chi connectivity index (χ1v) is 9.39. The summed E-state index contributed by atoms with van der Waals surface area (Å²) in [5.74, 6) is 0.265. The third-order valence-electron chi connectivity index (χ3n) is 4.61. The highest BCUT2D eigenvalue weighted by molar-refractivity contribution is 6.26. The number of amidine groups is 1. The summed E-state index contributed by atoms with van der Waals surface area (Å²) in [5, 5.41) is 12.4. The maximum Gasteiger partial charge on any atom is 0.227 e. The van der Waals surface area contributed by atoms with Crippen LogP contribution in [0, 0.1) is 17.1 Å². The van der Waals surface area contributed by atoms with Gasteiger partial charge in [-0.15, -0.1) is 0 Å². The summed E-state index contributed by atoms with van der Waals surface area (Å²) in [6.45, 7) is 1.75. The van der Waals surface area contributed by atoms with E-state index in [9.17, 15) is 9.65 Å². The van der Waals surface area contributed by atoms with Crippen molar-refractivity contribution < 1.29 is 9.13 Å². The van der Waals surface area contributed by atoms with Crippen LogP contribution in [0.25, 0.3) is 5.57 Å². The number of nitrogen functional groups attached to an aromatic ring is 1. The Hall–Kier alpha value is -4.13. The number of guanidine groups is 1. The summed E-state index contributed by atoms with van der Waals surface area (Å²) in [7, 11) is 5.10. The molecule has 160 valence electrons. The van der Waals surface area contributed by atoms with Gasteiger partial charge in [-0.1, -0.05) is 0 Å². The Kier molecular flexibility index (Phi) is 6.06. The number of anilines is 1. The van der Waals surface area contributed by atoms with Gasteiger partial charge in [0.2, 0.25) is 5.96 Å². The molecule has 1 unspecified atom stereocenters. The lowest BCUT2D eigenvalue weighted by molar-refractivity contribution is 0.227. The summed E-state index contributed by atoms with van der Waals surface area (Å²) in [5.41, 5.74) is 14.3. The zero-order chi connectivity index (χ0) is 22.7. The third-order valence-corrected chi connectivity index (χ3v) is 4.61. The SMILES string of the molecule is CN/C(C#N)=C1\C(N)=N\C(N(C)C)=Nc2ccc(F)cc2C(C)Oc2cc1cnc2N. The molecular formula is C21H23FN8O. The van der Waals surface area contributed by atoms with Gasteiger partial charge in [0.15, 0.2) is 11.6 Å². The molecule has 0 radical (unpaired) electrons. The molecule has 0 fully saturated rings. The van der Waals surface area contributed by atoms with Crippen LogP contribution >= 0.6 is 0 Å². The van der Waals surface area contributed by atoms with Crippen LogP contribution in [0.15, 0.2) is 46.1 Å². The minimum Gasteiger partial charge on any atom is -0.482 e. The number of ether oxygens (including phenoxy) is 1. The smallest absolute Gasteiger partial charge is 0.227 e. The molecule has 9 nitrogen and oxygen atoms in total. The highest BCUT2D eigenvalue weighted by Crippen LogP contribution is 2.34. The zero-order valence-electron chi connectivity index (χ0n) is 17.6. The van der Waals surface area contributed by atoms with Gasteiger partial charge in [0, 0.05) is 38.5 Å². The summed E-state index contributed by atoms with van der Waals surface area (Å²) < 4.78 is 20.0. The first-order chi connectivity index (χ1) is 14.7. The number of nitriles is 1. The second-order valence-electron chi connectivity index (χ2n) is 6.99. The van der Waals surface area contributed by atoms with Gasteiger partial charge >= 0.3 is 0 Å². The van der Waals surface area contributed by atoms with Crippen LogP contribution in [0.1, 0.15) is 24.2 Å². The Bertz CT molecular complexity index is 1150. The number of aromatic nitrogens is 1. The van der Waals surface area contributed by atoms with Crippen molar-refractivity contribution in [3.63, 3.8) is 0 Å². The van der Waals surface area contributed by atoms with E-state index < -0.39 is 11.9 Å². The van der Waals surface area contributed by atoms with E-state index >= 15 is 0 Å². The molecule has 0 spiro atoms. The van der Waals surface area contributed by atoms with Crippen molar-refractivity contribution in [2.45, 2.75) is 13.0 Å². The Labute approximate surface area is 179 Å². The number of nitrogens with one attached hydrogen (secondary N) is 1. The van der Waals surface area contributed by atoms with Crippen LogP contribution in [0.5, 0.6) is 5.75 Å². The number of hydrogen-bond acceptors (Lipinski definition) is 9. The quantitative estimate of drug-likeness (QED) is 0.600. The fourth-order valence-corrected chi connectivity index (χ4v) is 3.05. The number of hydrogen-bond donors (Lipinski definition) is 3. The maximum atomic E-state index is 14.0. The fourth-order valence-electron chi connectivity index (χ4n) is 3.05. The molecule has 1 atom stereocenters. The second-order valence-corrected chi connectivity index (χ2v) is 6.99. The Morgan fingerprint density at radius 1 is 1.26 bits per heavy atom. The summed E-state index contributed by atoms with van der Waals surface area (Å²) in [6.07, 6.45) is 0.871. The molecule has 1 aromatic heterocycles. The topological polar surface area (TPSA) is 138 Å². The van der Waals surface area contributed by atoms with Gasteiger partial charge in [-0.2, -0.15) is 10.3 Å². The lowest BCUT2D eigenvalue weighted by Gasteiger charge is -2.21. The van der Waals surface area contributed by atoms with Crippen LogP contribution in [0.3, 0.4) is 0 Å². The largest absolute Gasteiger partial charge is 0.482 e. The molecule has 3 rings (SSSR count). The van der Waals surface area contributed by atoms with Crippen molar-refractivity contribution in [1.29, 1.82) is 5.26 Å². The molecule has 31 heavy (non-hydrogen) atoms. The van der Waals surface area contributed by atoms with E-state index in [0.29, 0.717) is 22.4 Å². The lowest BCUT2D eigenvalue weighted by Crippen LogP contribution is -2.27. The van der Waals surface area contributed by atoms with Gasteiger partial charge < -0.3 is 26.4 Å². The highest BCUT2D eigenvalue weighted by Gasteiger charge is 2.21. The first kappa shape index (κ1) is 21.6. The van der Waals surface area contributed by atoms with Gasteiger partial charge in [-0.3, -0.25) is 0 Å². The van der Waals surface area contributed by atoms with E-state index in [4.69, 9.17) is 16.2 Å². The molecule has 1 aromatic carbocycles. The summed E-state index contributed by atoms with van der Waals surface area (Å²) in [6, 6.07) is 7.89. The summed E-state index contributed by atoms with van der Waals surface area (Å²) >= 11 is 0. The Morgan fingerprint density at radius 3 is 2.65 bits per heavy atom. The molecule has 2 heterocycles. The van der Waals surface area contributed by atoms with Crippen LogP contribution in [0.2, 0.25) is 0 Å². The second kappa shape index (κ2) is 8.71. The first-order valence-electron chi connectivity index (χ1n) is 9.39. The number of halogens is 1. The Morgan fingerprint density at radius 2 is 2.00 bits per heavy atom. The fraction of sp³-hybridized carbons (Fsp3) is 0.238. The highest BCUT2D eigenvalue weighted by atomic mass is 19.1. The van der Waals surface area contributed by atoms with Crippen molar-refractivity contribution in [1.82, 2.24) is 15.2 Å². The predicted molar refractivity (Wildman–Crippen MR) is 118 cm³/mol. The number of rotatable bonds is 1. The number of nitrogens with zero attached hydrogens (tertiary/aromatic N) is 5. The molecule has 2 aromatic rings. The van der Waals surface area contributed by atoms with Crippen LogP contribution in [0.4, 0.5) is 15.9 Å². The number of fused-ring (bicyclic) bond motifs is 3. The Balaban J connectivity index is 2.39.